The molecule has 2 aromatic carbocycles. The van der Waals surface area contributed by atoms with Crippen LogP contribution in [0.2, 0.25) is 0 Å². The first-order valence-corrected chi connectivity index (χ1v) is 12.2. The van der Waals surface area contributed by atoms with E-state index in [4.69, 9.17) is 4.74 Å². The number of hydrogen-bond acceptors (Lipinski definition) is 13. The van der Waals surface area contributed by atoms with Crippen molar-refractivity contribution < 1.29 is 54.9 Å². The maximum Gasteiger partial charge on any atom is 0.306 e. The van der Waals surface area contributed by atoms with E-state index in [1.54, 1.807) is 12.1 Å². The molecular formula is C25H28N4O11. The first kappa shape index (κ1) is 28.0. The highest BCUT2D eigenvalue weighted by molar-refractivity contribution is 6.10. The van der Waals surface area contributed by atoms with Crippen molar-refractivity contribution in [2.75, 3.05) is 31.6 Å². The molecule has 0 saturated carbocycles. The Labute approximate surface area is 226 Å². The summed E-state index contributed by atoms with van der Waals surface area (Å²) < 4.78 is 5.34. The van der Waals surface area contributed by atoms with E-state index in [-0.39, 0.29) is 27.3 Å². The van der Waals surface area contributed by atoms with E-state index in [9.17, 15) is 50.1 Å². The van der Waals surface area contributed by atoms with Gasteiger partial charge in [-0.15, -0.1) is 0 Å². The summed E-state index contributed by atoms with van der Waals surface area (Å²) in [6.45, 7) is 2.74. The summed E-state index contributed by atoms with van der Waals surface area (Å²) >= 11 is 0. The van der Waals surface area contributed by atoms with Crippen LogP contribution >= 0.6 is 0 Å². The summed E-state index contributed by atoms with van der Waals surface area (Å²) in [4.78, 5) is 39.9. The summed E-state index contributed by atoms with van der Waals surface area (Å²) in [6, 6.07) is 10.4. The fourth-order valence-electron chi connectivity index (χ4n) is 4.98. The number of imide groups is 1. The second kappa shape index (κ2) is 9.55. The lowest BCUT2D eigenvalue weighted by Gasteiger charge is -2.50. The zero-order chi connectivity index (χ0) is 29.1. The lowest BCUT2D eigenvalue weighted by Crippen LogP contribution is -2.85. The largest absolute Gasteiger partial charge is 0.379 e. The van der Waals surface area contributed by atoms with Gasteiger partial charge in [-0.05, 0) is 17.7 Å². The molecule has 0 spiro atoms. The number of anilines is 1. The Bertz CT molecular complexity index is 1360. The number of aliphatic hydroxyl groups is 7. The second-order valence-electron chi connectivity index (χ2n) is 9.91. The third kappa shape index (κ3) is 4.24. The third-order valence-electron chi connectivity index (χ3n) is 7.37. The second-order valence-corrected chi connectivity index (χ2v) is 9.91. The average molecular weight is 561 g/mol. The van der Waals surface area contributed by atoms with Gasteiger partial charge in [-0.2, -0.15) is 0 Å². The Morgan fingerprint density at radius 2 is 1.57 bits per heavy atom. The Morgan fingerprint density at radius 3 is 2.23 bits per heavy atom. The van der Waals surface area contributed by atoms with Gasteiger partial charge in [0.1, 0.15) is 0 Å². The van der Waals surface area contributed by atoms with Crippen molar-refractivity contribution in [3.05, 3.63) is 64.7 Å². The number of carbonyl (C=O) groups is 3. The molecule has 9 N–H and O–H groups in total. The number of carbonyl (C=O) groups excluding carboxylic acids is 3. The number of benzene rings is 2. The first-order chi connectivity index (χ1) is 18.7. The van der Waals surface area contributed by atoms with Crippen LogP contribution in [-0.2, 0) is 33.3 Å². The van der Waals surface area contributed by atoms with Crippen molar-refractivity contribution in [3.63, 3.8) is 0 Å². The topological polar surface area (TPSA) is 233 Å². The van der Waals surface area contributed by atoms with Gasteiger partial charge in [-0.1, -0.05) is 30.3 Å². The molecule has 3 aliphatic heterocycles. The van der Waals surface area contributed by atoms with Gasteiger partial charge in [0.05, 0.1) is 19.8 Å². The van der Waals surface area contributed by atoms with Gasteiger partial charge in [0.25, 0.3) is 35.1 Å². The van der Waals surface area contributed by atoms with Gasteiger partial charge in [-0.25, -0.2) is 0 Å². The highest BCUT2D eigenvalue weighted by Crippen LogP contribution is 2.42. The minimum atomic E-state index is -4.24. The van der Waals surface area contributed by atoms with Gasteiger partial charge in [0, 0.05) is 42.0 Å². The summed E-state index contributed by atoms with van der Waals surface area (Å²) in [6.07, 6.45) is 0. The zero-order valence-electron chi connectivity index (χ0n) is 20.9. The normalized spacial score (nSPS) is 24.6. The number of morpholine rings is 1. The Balaban J connectivity index is 1.39. The van der Waals surface area contributed by atoms with Crippen LogP contribution in [0, 0.1) is 0 Å². The van der Waals surface area contributed by atoms with Gasteiger partial charge in [0.15, 0.2) is 0 Å². The molecule has 2 aromatic rings. The van der Waals surface area contributed by atoms with E-state index in [1.165, 1.54) is 35.6 Å². The average Bonchev–Trinajstić information content (AvgIpc) is 3.25. The molecule has 15 nitrogen and oxygen atoms in total. The van der Waals surface area contributed by atoms with Crippen molar-refractivity contribution in [1.29, 1.82) is 0 Å². The summed E-state index contributed by atoms with van der Waals surface area (Å²) in [5, 5.41) is 77.2. The number of piperidine rings is 1. The molecule has 2 fully saturated rings. The molecule has 15 heteroatoms. The minimum Gasteiger partial charge on any atom is -0.379 e. The van der Waals surface area contributed by atoms with Crippen LogP contribution in [0.15, 0.2) is 42.5 Å². The lowest BCUT2D eigenvalue weighted by molar-refractivity contribution is -0.407. The molecule has 214 valence electrons. The first-order valence-electron chi connectivity index (χ1n) is 12.2. The molecule has 2 saturated heterocycles. The zero-order valence-corrected chi connectivity index (χ0v) is 20.9. The fraction of sp³-hybridized carbons (Fsp3) is 0.400. The number of rotatable bonds is 6. The molecule has 0 aliphatic carbocycles. The van der Waals surface area contributed by atoms with Crippen molar-refractivity contribution in [2.24, 2.45) is 0 Å². The number of hydrogen-bond donors (Lipinski definition) is 9. The van der Waals surface area contributed by atoms with Crippen LogP contribution in [0.4, 0.5) is 5.69 Å². The maximum atomic E-state index is 13.2. The molecule has 1 atom stereocenters. The minimum absolute atomic E-state index is 0.000632. The SMILES string of the molecule is O=C1c2cccc(NC(O)(O)c3ccc(CN4CCOCC4)cc3)c2CN1C1(O)C(=O)NC(=O)C(O)(O)C1(O)O. The molecule has 0 aromatic heterocycles. The van der Waals surface area contributed by atoms with Crippen molar-refractivity contribution in [3.8, 4) is 0 Å². The summed E-state index contributed by atoms with van der Waals surface area (Å²) in [5.74, 6) is -15.9. The molecular weight excluding hydrogens is 532 g/mol. The van der Waals surface area contributed by atoms with Crippen LogP contribution in [-0.4, -0.2) is 107 Å². The van der Waals surface area contributed by atoms with Gasteiger partial charge in [-0.3, -0.25) is 29.5 Å². The monoisotopic (exact) mass is 560 g/mol. The predicted molar refractivity (Wildman–Crippen MR) is 131 cm³/mol. The van der Waals surface area contributed by atoms with Crippen LogP contribution in [0.25, 0.3) is 0 Å². The van der Waals surface area contributed by atoms with Crippen LogP contribution in [0.1, 0.15) is 27.0 Å². The molecule has 3 aliphatic rings. The van der Waals surface area contributed by atoms with E-state index < -0.39 is 47.5 Å². The van der Waals surface area contributed by atoms with Gasteiger partial charge >= 0.3 is 5.79 Å². The predicted octanol–water partition coefficient (Wildman–Crippen LogP) is -3.61. The maximum absolute atomic E-state index is 13.2. The van der Waals surface area contributed by atoms with Crippen LogP contribution in [0.5, 0.6) is 0 Å². The van der Waals surface area contributed by atoms with Crippen LogP contribution in [0.3, 0.4) is 0 Å². The quantitative estimate of drug-likeness (QED) is 0.123. The number of nitrogens with zero attached hydrogens (tertiary/aromatic N) is 2. The van der Waals surface area contributed by atoms with Crippen molar-refractivity contribution in [1.82, 2.24) is 15.1 Å². The third-order valence-corrected chi connectivity index (χ3v) is 7.37. The summed E-state index contributed by atoms with van der Waals surface area (Å²) in [5.41, 5.74) is -2.97. The van der Waals surface area contributed by atoms with Gasteiger partial charge < -0.3 is 45.8 Å². The number of fused-ring (bicyclic) bond motifs is 1. The highest BCUT2D eigenvalue weighted by atomic mass is 16.6. The number of ether oxygens (including phenoxy) is 1. The molecule has 0 radical (unpaired) electrons. The van der Waals surface area contributed by atoms with Gasteiger partial charge in [0.2, 0.25) is 0 Å². The highest BCUT2D eigenvalue weighted by Gasteiger charge is 2.76. The summed E-state index contributed by atoms with van der Waals surface area (Å²) in [7, 11) is 0. The van der Waals surface area contributed by atoms with Crippen LogP contribution < -0.4 is 10.6 Å². The standard InChI is InChI=1S/C25H28N4O11/c30-19-16-2-1-3-18(17(16)13-29(19)22(33)20(31)26-21(32)23(34,35)25(22,38)39)27-24(36,37)15-6-4-14(5-7-15)12-28-8-10-40-11-9-28/h1-7,27,33-39H,8-13H2,(H,26,31,32). The Morgan fingerprint density at radius 1 is 0.925 bits per heavy atom. The number of amides is 3. The molecule has 5 rings (SSSR count). The molecule has 3 amide bonds. The van der Waals surface area contributed by atoms with Crippen molar-refractivity contribution in [2.45, 2.75) is 36.3 Å². The molecule has 1 unspecified atom stereocenters. The Hall–Kier alpha value is -3.51. The number of nitrogens with one attached hydrogen (secondary N) is 2. The van der Waals surface area contributed by atoms with E-state index >= 15 is 0 Å². The molecule has 40 heavy (non-hydrogen) atoms. The van der Waals surface area contributed by atoms with Crippen molar-refractivity contribution >= 4 is 23.4 Å². The fourth-order valence-corrected chi connectivity index (χ4v) is 4.98. The molecule has 0 bridgehead atoms. The van der Waals surface area contributed by atoms with E-state index in [0.29, 0.717) is 19.8 Å². The lowest BCUT2D eigenvalue weighted by atomic mass is 9.86. The van der Waals surface area contributed by atoms with E-state index in [0.717, 1.165) is 18.7 Å². The van der Waals surface area contributed by atoms with E-state index in [2.05, 4.69) is 10.2 Å². The smallest absolute Gasteiger partial charge is 0.306 e. The van der Waals surface area contributed by atoms with E-state index in [1.807, 2.05) is 0 Å². The molecule has 3 heterocycles. The Kier molecular flexibility index (Phi) is 6.69.